The average Bonchev–Trinajstić information content (AvgIpc) is 2.43. The van der Waals surface area contributed by atoms with Crippen LogP contribution in [-0.4, -0.2) is 33.3 Å². The van der Waals surface area contributed by atoms with Gasteiger partial charge in [-0.2, -0.15) is 0 Å². The van der Waals surface area contributed by atoms with Crippen LogP contribution in [0.25, 0.3) is 0 Å². The molecule has 5 nitrogen and oxygen atoms in total. The van der Waals surface area contributed by atoms with Gasteiger partial charge in [0.05, 0.1) is 5.02 Å². The number of halogens is 1. The van der Waals surface area contributed by atoms with Gasteiger partial charge in [0.25, 0.3) is 0 Å². The van der Waals surface area contributed by atoms with Gasteiger partial charge in [0.15, 0.2) is 0 Å². The monoisotopic (exact) mass is 295 g/mol. The highest BCUT2D eigenvalue weighted by atomic mass is 35.5. The summed E-state index contributed by atoms with van der Waals surface area (Å²) >= 11 is 6.10. The van der Waals surface area contributed by atoms with E-state index in [1.165, 1.54) is 6.20 Å². The largest absolute Gasteiger partial charge is 0.343 e. The fraction of sp³-hybridized carbons (Fsp3) is 0.500. The topological polar surface area (TPSA) is 62.3 Å². The Bertz CT molecular complexity index is 549. The van der Waals surface area contributed by atoms with E-state index in [-0.39, 0.29) is 11.8 Å². The molecule has 0 saturated carbocycles. The Balaban J connectivity index is 2.37. The van der Waals surface area contributed by atoms with Crippen LogP contribution in [0.1, 0.15) is 32.8 Å². The molecule has 0 spiro atoms. The normalized spacial score (nSPS) is 26.6. The van der Waals surface area contributed by atoms with E-state index in [0.29, 0.717) is 18.0 Å². The molecule has 2 unspecified atom stereocenters. The summed E-state index contributed by atoms with van der Waals surface area (Å²) in [5.74, 6) is -0.223. The van der Waals surface area contributed by atoms with Crippen LogP contribution in [0.2, 0.25) is 5.02 Å². The smallest absolute Gasteiger partial charge is 0.246 e. The van der Waals surface area contributed by atoms with E-state index in [4.69, 9.17) is 11.6 Å². The summed E-state index contributed by atoms with van der Waals surface area (Å²) < 4.78 is 0. The number of carbonyl (C=O) groups is 2. The van der Waals surface area contributed by atoms with Gasteiger partial charge in [-0.1, -0.05) is 18.5 Å². The summed E-state index contributed by atoms with van der Waals surface area (Å²) in [6.45, 7) is 5.67. The number of amides is 2. The van der Waals surface area contributed by atoms with Gasteiger partial charge in [-0.15, -0.1) is 0 Å². The number of piperazine rings is 1. The molecular weight excluding hydrogens is 278 g/mol. The van der Waals surface area contributed by atoms with Crippen molar-refractivity contribution < 1.29 is 9.59 Å². The lowest BCUT2D eigenvalue weighted by Gasteiger charge is -2.45. The van der Waals surface area contributed by atoms with Crippen LogP contribution in [0.5, 0.6) is 0 Å². The Morgan fingerprint density at radius 3 is 2.80 bits per heavy atom. The van der Waals surface area contributed by atoms with Gasteiger partial charge in [-0.25, -0.2) is 0 Å². The highest BCUT2D eigenvalue weighted by Crippen LogP contribution is 2.28. The van der Waals surface area contributed by atoms with Crippen molar-refractivity contribution in [1.82, 2.24) is 15.2 Å². The van der Waals surface area contributed by atoms with Gasteiger partial charge < -0.3 is 10.2 Å². The molecule has 0 aliphatic carbocycles. The minimum Gasteiger partial charge on any atom is -0.343 e. The molecule has 1 fully saturated rings. The first-order valence-corrected chi connectivity index (χ1v) is 6.98. The number of rotatable bonds is 3. The minimum atomic E-state index is -0.851. The van der Waals surface area contributed by atoms with Crippen LogP contribution in [0, 0.1) is 0 Å². The third-order valence-corrected chi connectivity index (χ3v) is 4.28. The molecule has 2 atom stereocenters. The van der Waals surface area contributed by atoms with Gasteiger partial charge >= 0.3 is 0 Å². The summed E-state index contributed by atoms with van der Waals surface area (Å²) in [4.78, 5) is 30.2. The lowest BCUT2D eigenvalue weighted by molar-refractivity contribution is -0.157. The Kier molecular flexibility index (Phi) is 3.99. The van der Waals surface area contributed by atoms with Crippen LogP contribution in [0.15, 0.2) is 18.5 Å². The van der Waals surface area contributed by atoms with Crippen molar-refractivity contribution in [2.24, 2.45) is 0 Å². The number of carbonyl (C=O) groups excluding carboxylic acids is 2. The quantitative estimate of drug-likeness (QED) is 0.924. The first kappa shape index (κ1) is 14.8. The summed E-state index contributed by atoms with van der Waals surface area (Å²) in [6, 6.07) is 1.26. The predicted molar refractivity (Wildman–Crippen MR) is 76.1 cm³/mol. The third kappa shape index (κ3) is 2.38. The number of nitrogens with one attached hydrogen (secondary N) is 1. The van der Waals surface area contributed by atoms with Gasteiger partial charge in [0.2, 0.25) is 11.8 Å². The van der Waals surface area contributed by atoms with Crippen molar-refractivity contribution in [3.63, 3.8) is 0 Å². The fourth-order valence-corrected chi connectivity index (χ4v) is 2.50. The standard InChI is InChI=1S/C14H18ClN3O2/c1-4-14(3)13(20)17-9(2)12(19)18(14)8-10-5-6-16-7-11(10)15/h5-7,9H,4,8H2,1-3H3,(H,17,20). The van der Waals surface area contributed by atoms with Crippen molar-refractivity contribution in [2.75, 3.05) is 0 Å². The van der Waals surface area contributed by atoms with E-state index in [0.717, 1.165) is 5.56 Å². The van der Waals surface area contributed by atoms with Crippen molar-refractivity contribution >= 4 is 23.4 Å². The molecule has 0 radical (unpaired) electrons. The molecule has 20 heavy (non-hydrogen) atoms. The van der Waals surface area contributed by atoms with Crippen LogP contribution >= 0.6 is 11.6 Å². The number of pyridine rings is 1. The fourth-order valence-electron chi connectivity index (χ4n) is 2.32. The van der Waals surface area contributed by atoms with Gasteiger partial charge in [0.1, 0.15) is 11.6 Å². The first-order valence-electron chi connectivity index (χ1n) is 6.61. The molecular formula is C14H18ClN3O2. The number of hydrogen-bond donors (Lipinski definition) is 1. The third-order valence-electron chi connectivity index (χ3n) is 3.94. The number of aromatic nitrogens is 1. The van der Waals surface area contributed by atoms with Crippen molar-refractivity contribution in [2.45, 2.75) is 45.3 Å². The number of nitrogens with zero attached hydrogens (tertiary/aromatic N) is 2. The van der Waals surface area contributed by atoms with Crippen molar-refractivity contribution in [1.29, 1.82) is 0 Å². The average molecular weight is 296 g/mol. The van der Waals surface area contributed by atoms with Crippen molar-refractivity contribution in [3.05, 3.63) is 29.0 Å². The summed E-state index contributed by atoms with van der Waals surface area (Å²) in [6.07, 6.45) is 3.71. The molecule has 2 rings (SSSR count). The molecule has 2 amide bonds. The molecule has 2 heterocycles. The van der Waals surface area contributed by atoms with Crippen LogP contribution in [0.3, 0.4) is 0 Å². The van der Waals surface area contributed by atoms with E-state index >= 15 is 0 Å². The Labute approximate surface area is 123 Å². The van der Waals surface area contributed by atoms with Crippen LogP contribution in [0.4, 0.5) is 0 Å². The maximum Gasteiger partial charge on any atom is 0.246 e. The van der Waals surface area contributed by atoms with Crippen LogP contribution < -0.4 is 5.32 Å². The van der Waals surface area contributed by atoms with Gasteiger partial charge in [-0.05, 0) is 31.9 Å². The van der Waals surface area contributed by atoms with Gasteiger partial charge in [0, 0.05) is 18.9 Å². The zero-order valence-corrected chi connectivity index (χ0v) is 12.6. The van der Waals surface area contributed by atoms with E-state index in [2.05, 4.69) is 10.3 Å². The first-order chi connectivity index (χ1) is 9.40. The van der Waals surface area contributed by atoms with Crippen LogP contribution in [-0.2, 0) is 16.1 Å². The molecule has 1 aliphatic heterocycles. The zero-order valence-electron chi connectivity index (χ0n) is 11.8. The highest BCUT2D eigenvalue weighted by Gasteiger charge is 2.46. The summed E-state index contributed by atoms with van der Waals surface area (Å²) in [5, 5.41) is 3.22. The van der Waals surface area contributed by atoms with E-state index in [1.54, 1.807) is 31.0 Å². The molecule has 1 saturated heterocycles. The van der Waals surface area contributed by atoms with E-state index < -0.39 is 11.6 Å². The second-order valence-electron chi connectivity index (χ2n) is 5.21. The molecule has 1 aliphatic rings. The molecule has 1 aromatic heterocycles. The Hall–Kier alpha value is -1.62. The molecule has 108 valence electrons. The second-order valence-corrected chi connectivity index (χ2v) is 5.62. The summed E-state index contributed by atoms with van der Waals surface area (Å²) in [7, 11) is 0. The molecule has 1 aromatic rings. The molecule has 1 N–H and O–H groups in total. The molecule has 6 heteroatoms. The minimum absolute atomic E-state index is 0.0955. The van der Waals surface area contributed by atoms with Gasteiger partial charge in [-0.3, -0.25) is 14.6 Å². The Morgan fingerprint density at radius 2 is 2.20 bits per heavy atom. The lowest BCUT2D eigenvalue weighted by atomic mass is 9.90. The van der Waals surface area contributed by atoms with E-state index in [1.807, 2.05) is 6.92 Å². The Morgan fingerprint density at radius 1 is 1.50 bits per heavy atom. The zero-order chi connectivity index (χ0) is 14.9. The molecule has 0 bridgehead atoms. The number of hydrogen-bond acceptors (Lipinski definition) is 3. The predicted octanol–water partition coefficient (Wildman–Crippen LogP) is 1.75. The summed E-state index contributed by atoms with van der Waals surface area (Å²) in [5.41, 5.74) is -0.0625. The second kappa shape index (κ2) is 5.40. The van der Waals surface area contributed by atoms with E-state index in [9.17, 15) is 9.59 Å². The molecule has 0 aromatic carbocycles. The maximum atomic E-state index is 12.4. The SMILES string of the molecule is CCC1(C)C(=O)NC(C)C(=O)N1Cc1ccncc1Cl. The lowest BCUT2D eigenvalue weighted by Crippen LogP contribution is -2.68. The maximum absolute atomic E-state index is 12.4. The van der Waals surface area contributed by atoms with Crippen molar-refractivity contribution in [3.8, 4) is 0 Å². The highest BCUT2D eigenvalue weighted by molar-refractivity contribution is 6.31.